The molecule has 0 bridgehead atoms. The lowest BCUT2D eigenvalue weighted by Gasteiger charge is -2.31. The number of aromatic nitrogens is 3. The number of nitrogens with one attached hydrogen (secondary N) is 1. The molecule has 1 saturated carbocycles. The Morgan fingerprint density at radius 1 is 1.26 bits per heavy atom. The van der Waals surface area contributed by atoms with Crippen LogP contribution in [0.15, 0.2) is 6.33 Å². The van der Waals surface area contributed by atoms with E-state index < -0.39 is 0 Å². The van der Waals surface area contributed by atoms with Crippen molar-refractivity contribution < 1.29 is 0 Å². The highest BCUT2D eigenvalue weighted by atomic mass is 15.3. The van der Waals surface area contributed by atoms with Crippen LogP contribution in [-0.4, -0.2) is 21.3 Å². The molecule has 4 heteroatoms. The molecule has 108 valence electrons. The van der Waals surface area contributed by atoms with E-state index in [-0.39, 0.29) is 0 Å². The molecule has 2 atom stereocenters. The summed E-state index contributed by atoms with van der Waals surface area (Å²) in [5, 5.41) is 8.04. The summed E-state index contributed by atoms with van der Waals surface area (Å²) >= 11 is 0. The van der Waals surface area contributed by atoms with Crippen LogP contribution in [0, 0.1) is 17.8 Å². The van der Waals surface area contributed by atoms with Gasteiger partial charge >= 0.3 is 0 Å². The summed E-state index contributed by atoms with van der Waals surface area (Å²) in [6.07, 6.45) is 5.76. The van der Waals surface area contributed by atoms with E-state index in [1.807, 2.05) is 6.33 Å². The van der Waals surface area contributed by atoms with Crippen molar-refractivity contribution in [3.05, 3.63) is 12.2 Å². The highest BCUT2D eigenvalue weighted by molar-refractivity contribution is 4.86. The Kier molecular flexibility index (Phi) is 4.97. The molecule has 1 heterocycles. The van der Waals surface area contributed by atoms with Crippen molar-refractivity contribution in [2.45, 2.75) is 59.5 Å². The number of nitrogens with zero attached hydrogens (tertiary/aromatic N) is 3. The first-order valence-electron chi connectivity index (χ1n) is 7.65. The van der Waals surface area contributed by atoms with E-state index in [1.54, 1.807) is 0 Å². The maximum Gasteiger partial charge on any atom is 0.164 e. The summed E-state index contributed by atoms with van der Waals surface area (Å²) < 4.78 is 2.10. The van der Waals surface area contributed by atoms with Crippen molar-refractivity contribution >= 4 is 0 Å². The van der Waals surface area contributed by atoms with Crippen LogP contribution in [-0.2, 0) is 6.54 Å². The Labute approximate surface area is 117 Å². The van der Waals surface area contributed by atoms with Crippen molar-refractivity contribution in [1.29, 1.82) is 0 Å². The van der Waals surface area contributed by atoms with Gasteiger partial charge < -0.3 is 5.32 Å². The van der Waals surface area contributed by atoms with E-state index in [2.05, 4.69) is 47.8 Å². The van der Waals surface area contributed by atoms with Crippen LogP contribution in [0.1, 0.15) is 58.8 Å². The van der Waals surface area contributed by atoms with Crippen LogP contribution >= 0.6 is 0 Å². The van der Waals surface area contributed by atoms with E-state index in [9.17, 15) is 0 Å². The number of rotatable bonds is 5. The summed E-state index contributed by atoms with van der Waals surface area (Å²) in [5.41, 5.74) is 0. The first-order valence-corrected chi connectivity index (χ1v) is 7.65. The Bertz CT molecular complexity index is 375. The van der Waals surface area contributed by atoms with E-state index >= 15 is 0 Å². The molecular weight excluding hydrogens is 236 g/mol. The van der Waals surface area contributed by atoms with E-state index in [4.69, 9.17) is 0 Å². The smallest absolute Gasteiger partial charge is 0.164 e. The fourth-order valence-corrected chi connectivity index (χ4v) is 3.16. The van der Waals surface area contributed by atoms with Gasteiger partial charge in [0.15, 0.2) is 5.82 Å². The van der Waals surface area contributed by atoms with Gasteiger partial charge in [-0.05, 0) is 43.6 Å². The summed E-state index contributed by atoms with van der Waals surface area (Å²) in [5.74, 6) is 3.20. The Morgan fingerprint density at radius 2 is 1.95 bits per heavy atom. The third kappa shape index (κ3) is 4.30. The fraction of sp³-hybridized carbons (Fsp3) is 0.867. The average Bonchev–Trinajstić information content (AvgIpc) is 2.76. The molecule has 0 amide bonds. The molecule has 0 radical (unpaired) electrons. The average molecular weight is 264 g/mol. The molecule has 4 nitrogen and oxygen atoms in total. The molecule has 0 spiro atoms. The van der Waals surface area contributed by atoms with Crippen molar-refractivity contribution in [1.82, 2.24) is 20.1 Å². The van der Waals surface area contributed by atoms with Crippen LogP contribution in [0.25, 0.3) is 0 Å². The Morgan fingerprint density at radius 3 is 2.58 bits per heavy atom. The summed E-state index contributed by atoms with van der Waals surface area (Å²) in [7, 11) is 0. The van der Waals surface area contributed by atoms with Crippen molar-refractivity contribution in [2.75, 3.05) is 6.54 Å². The second-order valence-corrected chi connectivity index (χ2v) is 6.74. The molecule has 1 N–H and O–H groups in total. The van der Waals surface area contributed by atoms with Crippen molar-refractivity contribution in [3.8, 4) is 0 Å². The van der Waals surface area contributed by atoms with Gasteiger partial charge in [0, 0.05) is 0 Å². The molecule has 0 saturated heterocycles. The third-order valence-electron chi connectivity index (χ3n) is 3.92. The third-order valence-corrected chi connectivity index (χ3v) is 3.92. The van der Waals surface area contributed by atoms with Gasteiger partial charge in [0.25, 0.3) is 0 Å². The van der Waals surface area contributed by atoms with Crippen LogP contribution in [0.4, 0.5) is 0 Å². The lowest BCUT2D eigenvalue weighted by atomic mass is 9.80. The number of hydrogen-bond acceptors (Lipinski definition) is 3. The topological polar surface area (TPSA) is 42.7 Å². The zero-order valence-electron chi connectivity index (χ0n) is 12.8. The van der Waals surface area contributed by atoms with E-state index in [0.29, 0.717) is 12.0 Å². The van der Waals surface area contributed by atoms with Gasteiger partial charge in [-0.1, -0.05) is 27.7 Å². The second-order valence-electron chi connectivity index (χ2n) is 6.74. The monoisotopic (exact) mass is 264 g/mol. The minimum absolute atomic E-state index is 0.546. The lowest BCUT2D eigenvalue weighted by Crippen LogP contribution is -2.23. The molecule has 2 rings (SSSR count). The minimum atomic E-state index is 0.546. The van der Waals surface area contributed by atoms with Crippen LogP contribution in [0.5, 0.6) is 0 Å². The fourth-order valence-electron chi connectivity index (χ4n) is 3.16. The molecule has 1 aliphatic carbocycles. The molecule has 19 heavy (non-hydrogen) atoms. The molecule has 1 aromatic heterocycles. The van der Waals surface area contributed by atoms with Crippen molar-refractivity contribution in [2.24, 2.45) is 17.8 Å². The molecule has 1 fully saturated rings. The molecule has 1 aromatic rings. The zero-order valence-corrected chi connectivity index (χ0v) is 12.8. The molecular formula is C15H28N4. The first-order chi connectivity index (χ1) is 9.04. The molecule has 1 aliphatic rings. The lowest BCUT2D eigenvalue weighted by molar-refractivity contribution is 0.209. The molecule has 0 aliphatic heterocycles. The SMILES string of the molecule is CC(C)CNCc1ncn(C2CC(C)CC(C)C2)n1. The van der Waals surface area contributed by atoms with Crippen LogP contribution in [0.2, 0.25) is 0 Å². The largest absolute Gasteiger partial charge is 0.310 e. The van der Waals surface area contributed by atoms with Gasteiger partial charge in [0.05, 0.1) is 12.6 Å². The van der Waals surface area contributed by atoms with Gasteiger partial charge in [-0.15, -0.1) is 0 Å². The zero-order chi connectivity index (χ0) is 13.8. The number of hydrogen-bond donors (Lipinski definition) is 1. The highest BCUT2D eigenvalue weighted by Crippen LogP contribution is 2.35. The summed E-state index contributed by atoms with van der Waals surface area (Å²) in [4.78, 5) is 4.43. The molecule has 2 unspecified atom stereocenters. The maximum absolute atomic E-state index is 4.64. The van der Waals surface area contributed by atoms with Crippen LogP contribution < -0.4 is 5.32 Å². The second kappa shape index (κ2) is 6.51. The first kappa shape index (κ1) is 14.5. The van der Waals surface area contributed by atoms with E-state index in [0.717, 1.165) is 30.7 Å². The van der Waals surface area contributed by atoms with Gasteiger partial charge in [-0.2, -0.15) is 5.10 Å². The minimum Gasteiger partial charge on any atom is -0.310 e. The summed E-state index contributed by atoms with van der Waals surface area (Å²) in [6, 6.07) is 0.546. The normalized spacial score (nSPS) is 27.9. The quantitative estimate of drug-likeness (QED) is 0.889. The predicted octanol–water partition coefficient (Wildman–Crippen LogP) is 3.02. The standard InChI is InChI=1S/C15H28N4/c1-11(2)8-16-9-15-17-10-19(18-15)14-6-12(3)5-13(4)7-14/h10-14,16H,5-9H2,1-4H3. The molecule has 0 aromatic carbocycles. The van der Waals surface area contributed by atoms with Gasteiger partial charge in [-0.3, -0.25) is 0 Å². The highest BCUT2D eigenvalue weighted by Gasteiger charge is 2.25. The Hall–Kier alpha value is -0.900. The summed E-state index contributed by atoms with van der Waals surface area (Å²) in [6.45, 7) is 10.9. The van der Waals surface area contributed by atoms with Crippen LogP contribution in [0.3, 0.4) is 0 Å². The maximum atomic E-state index is 4.64. The van der Waals surface area contributed by atoms with Gasteiger partial charge in [-0.25, -0.2) is 9.67 Å². The van der Waals surface area contributed by atoms with E-state index in [1.165, 1.54) is 19.3 Å². The Balaban J connectivity index is 1.89. The predicted molar refractivity (Wildman–Crippen MR) is 77.8 cm³/mol. The van der Waals surface area contributed by atoms with Gasteiger partial charge in [0.1, 0.15) is 6.33 Å². The van der Waals surface area contributed by atoms with Gasteiger partial charge in [0.2, 0.25) is 0 Å². The van der Waals surface area contributed by atoms with Crippen molar-refractivity contribution in [3.63, 3.8) is 0 Å².